The maximum atomic E-state index is 11.4. The molecule has 2 amide bonds. The molecule has 0 unspecified atom stereocenters. The minimum atomic E-state index is -0.0600. The SMILES string of the molecule is COc1cc(Br)cc(N2CCNC2=O)c1. The van der Waals surface area contributed by atoms with Crippen LogP contribution in [0.4, 0.5) is 10.5 Å². The van der Waals surface area contributed by atoms with Gasteiger partial charge in [0.25, 0.3) is 0 Å². The Hall–Kier alpha value is -1.23. The highest BCUT2D eigenvalue weighted by Gasteiger charge is 2.21. The third-order valence-corrected chi connectivity index (χ3v) is 2.72. The lowest BCUT2D eigenvalue weighted by Gasteiger charge is -2.15. The van der Waals surface area contributed by atoms with Crippen LogP contribution in [0.5, 0.6) is 5.75 Å². The van der Waals surface area contributed by atoms with E-state index in [0.717, 1.165) is 15.9 Å². The molecule has 1 aromatic rings. The number of rotatable bonds is 2. The topological polar surface area (TPSA) is 41.6 Å². The lowest BCUT2D eigenvalue weighted by Crippen LogP contribution is -2.27. The first-order valence-electron chi connectivity index (χ1n) is 4.60. The Morgan fingerprint density at radius 2 is 2.27 bits per heavy atom. The minimum absolute atomic E-state index is 0.0600. The Balaban J connectivity index is 2.34. The molecule has 0 aromatic heterocycles. The molecule has 0 spiro atoms. The summed E-state index contributed by atoms with van der Waals surface area (Å²) in [7, 11) is 1.61. The first kappa shape index (κ1) is 10.3. The van der Waals surface area contributed by atoms with E-state index < -0.39 is 0 Å². The number of anilines is 1. The van der Waals surface area contributed by atoms with Crippen LogP contribution < -0.4 is 15.0 Å². The van der Waals surface area contributed by atoms with Crippen LogP contribution in [0.15, 0.2) is 22.7 Å². The van der Waals surface area contributed by atoms with E-state index in [4.69, 9.17) is 4.74 Å². The van der Waals surface area contributed by atoms with Crippen LogP contribution >= 0.6 is 15.9 Å². The van der Waals surface area contributed by atoms with Crippen molar-refractivity contribution in [2.75, 3.05) is 25.1 Å². The van der Waals surface area contributed by atoms with Gasteiger partial charge in [-0.25, -0.2) is 4.79 Å². The zero-order valence-corrected chi connectivity index (χ0v) is 9.87. The normalized spacial score (nSPS) is 15.3. The number of carbonyl (C=O) groups is 1. The van der Waals surface area contributed by atoms with E-state index in [1.165, 1.54) is 0 Å². The van der Waals surface area contributed by atoms with Gasteiger partial charge >= 0.3 is 6.03 Å². The van der Waals surface area contributed by atoms with Crippen molar-refractivity contribution in [1.29, 1.82) is 0 Å². The second kappa shape index (κ2) is 4.10. The fourth-order valence-corrected chi connectivity index (χ4v) is 2.00. The number of methoxy groups -OCH3 is 1. The number of halogens is 1. The molecule has 1 aliphatic heterocycles. The van der Waals surface area contributed by atoms with Gasteiger partial charge in [0.15, 0.2) is 0 Å². The first-order valence-corrected chi connectivity index (χ1v) is 5.40. The highest BCUT2D eigenvalue weighted by Crippen LogP contribution is 2.27. The van der Waals surface area contributed by atoms with Crippen molar-refractivity contribution in [3.8, 4) is 5.75 Å². The molecule has 0 atom stereocenters. The molecule has 1 aromatic carbocycles. The molecule has 1 N–H and O–H groups in total. The lowest BCUT2D eigenvalue weighted by atomic mass is 10.3. The van der Waals surface area contributed by atoms with E-state index in [9.17, 15) is 4.79 Å². The van der Waals surface area contributed by atoms with Crippen molar-refractivity contribution in [1.82, 2.24) is 5.32 Å². The molecule has 4 nitrogen and oxygen atoms in total. The molecule has 1 fully saturated rings. The number of hydrogen-bond donors (Lipinski definition) is 1. The first-order chi connectivity index (χ1) is 7.20. The molecule has 0 radical (unpaired) electrons. The minimum Gasteiger partial charge on any atom is -0.497 e. The molecule has 0 bridgehead atoms. The Bertz CT molecular complexity index is 395. The average Bonchev–Trinajstić information content (AvgIpc) is 2.63. The van der Waals surface area contributed by atoms with Gasteiger partial charge in [-0.2, -0.15) is 0 Å². The molecule has 2 rings (SSSR count). The molecule has 15 heavy (non-hydrogen) atoms. The molecule has 0 aliphatic carbocycles. The van der Waals surface area contributed by atoms with E-state index in [2.05, 4.69) is 21.2 Å². The number of nitrogens with zero attached hydrogens (tertiary/aromatic N) is 1. The highest BCUT2D eigenvalue weighted by molar-refractivity contribution is 9.10. The fraction of sp³-hybridized carbons (Fsp3) is 0.300. The zero-order chi connectivity index (χ0) is 10.8. The average molecular weight is 271 g/mol. The van der Waals surface area contributed by atoms with Gasteiger partial charge in [0.2, 0.25) is 0 Å². The highest BCUT2D eigenvalue weighted by atomic mass is 79.9. The van der Waals surface area contributed by atoms with Crippen molar-refractivity contribution >= 4 is 27.6 Å². The standard InChI is InChI=1S/C10H11BrN2O2/c1-15-9-5-7(11)4-8(6-9)13-3-2-12-10(13)14/h4-6H,2-3H2,1H3,(H,12,14). The molecule has 5 heteroatoms. The van der Waals surface area contributed by atoms with Gasteiger partial charge in [0, 0.05) is 23.6 Å². The van der Waals surface area contributed by atoms with Crippen LogP contribution in [0, 0.1) is 0 Å². The van der Waals surface area contributed by atoms with E-state index in [1.807, 2.05) is 18.2 Å². The van der Waals surface area contributed by atoms with Gasteiger partial charge in [0.05, 0.1) is 12.8 Å². The molecule has 0 saturated carbocycles. The third kappa shape index (κ3) is 2.07. The van der Waals surface area contributed by atoms with Crippen molar-refractivity contribution in [2.45, 2.75) is 0 Å². The zero-order valence-electron chi connectivity index (χ0n) is 8.29. The van der Waals surface area contributed by atoms with Crippen LogP contribution in [0.1, 0.15) is 0 Å². The summed E-state index contributed by atoms with van der Waals surface area (Å²) < 4.78 is 6.04. The summed E-state index contributed by atoms with van der Waals surface area (Å²) in [6.45, 7) is 1.38. The van der Waals surface area contributed by atoms with E-state index in [1.54, 1.807) is 12.0 Å². The number of benzene rings is 1. The van der Waals surface area contributed by atoms with Crippen LogP contribution in [0.25, 0.3) is 0 Å². The van der Waals surface area contributed by atoms with Crippen molar-refractivity contribution in [3.05, 3.63) is 22.7 Å². The third-order valence-electron chi connectivity index (χ3n) is 2.26. The number of nitrogens with one attached hydrogen (secondary N) is 1. The fourth-order valence-electron chi connectivity index (χ4n) is 1.54. The van der Waals surface area contributed by atoms with Crippen molar-refractivity contribution in [3.63, 3.8) is 0 Å². The molecular formula is C10H11BrN2O2. The second-order valence-corrected chi connectivity index (χ2v) is 4.15. The summed E-state index contributed by atoms with van der Waals surface area (Å²) in [6, 6.07) is 5.54. The Kier molecular flexibility index (Phi) is 2.81. The van der Waals surface area contributed by atoms with E-state index >= 15 is 0 Å². The maximum Gasteiger partial charge on any atom is 0.321 e. The van der Waals surface area contributed by atoms with Crippen LogP contribution in [-0.4, -0.2) is 26.2 Å². The lowest BCUT2D eigenvalue weighted by molar-refractivity contribution is 0.252. The van der Waals surface area contributed by atoms with Crippen LogP contribution in [0.3, 0.4) is 0 Å². The summed E-state index contributed by atoms with van der Waals surface area (Å²) in [6.07, 6.45) is 0. The number of carbonyl (C=O) groups excluding carboxylic acids is 1. The predicted molar refractivity (Wildman–Crippen MR) is 61.4 cm³/mol. The Morgan fingerprint density at radius 3 is 2.87 bits per heavy atom. The van der Waals surface area contributed by atoms with E-state index in [0.29, 0.717) is 13.1 Å². The van der Waals surface area contributed by atoms with Gasteiger partial charge in [-0.05, 0) is 12.1 Å². The smallest absolute Gasteiger partial charge is 0.321 e. The number of urea groups is 1. The van der Waals surface area contributed by atoms with Gasteiger partial charge in [-0.1, -0.05) is 15.9 Å². The van der Waals surface area contributed by atoms with Crippen molar-refractivity contribution < 1.29 is 9.53 Å². The monoisotopic (exact) mass is 270 g/mol. The van der Waals surface area contributed by atoms with Gasteiger partial charge in [-0.15, -0.1) is 0 Å². The van der Waals surface area contributed by atoms with Gasteiger partial charge < -0.3 is 10.1 Å². The number of hydrogen-bond acceptors (Lipinski definition) is 2. The Morgan fingerprint density at radius 1 is 1.47 bits per heavy atom. The molecule has 1 heterocycles. The van der Waals surface area contributed by atoms with Crippen LogP contribution in [0.2, 0.25) is 0 Å². The second-order valence-electron chi connectivity index (χ2n) is 3.23. The summed E-state index contributed by atoms with van der Waals surface area (Å²) in [5, 5.41) is 2.76. The van der Waals surface area contributed by atoms with Gasteiger partial charge in [-0.3, -0.25) is 4.90 Å². The molecular weight excluding hydrogens is 260 g/mol. The summed E-state index contributed by atoms with van der Waals surface area (Å²) in [5.41, 5.74) is 0.844. The van der Waals surface area contributed by atoms with Crippen LogP contribution in [-0.2, 0) is 0 Å². The maximum absolute atomic E-state index is 11.4. The Labute approximate surface area is 96.3 Å². The largest absolute Gasteiger partial charge is 0.497 e. The number of ether oxygens (including phenoxy) is 1. The predicted octanol–water partition coefficient (Wildman–Crippen LogP) is 1.99. The molecule has 1 saturated heterocycles. The van der Waals surface area contributed by atoms with E-state index in [-0.39, 0.29) is 6.03 Å². The van der Waals surface area contributed by atoms with Gasteiger partial charge in [0.1, 0.15) is 5.75 Å². The quantitative estimate of drug-likeness (QED) is 0.893. The molecule has 1 aliphatic rings. The summed E-state index contributed by atoms with van der Waals surface area (Å²) in [4.78, 5) is 13.1. The number of amides is 2. The summed E-state index contributed by atoms with van der Waals surface area (Å²) in [5.74, 6) is 0.735. The summed E-state index contributed by atoms with van der Waals surface area (Å²) >= 11 is 3.38. The molecule has 80 valence electrons. The van der Waals surface area contributed by atoms with Crippen molar-refractivity contribution in [2.24, 2.45) is 0 Å².